The van der Waals surface area contributed by atoms with Gasteiger partial charge in [0.25, 0.3) is 0 Å². The topological polar surface area (TPSA) is 41.6 Å². The van der Waals surface area contributed by atoms with E-state index >= 15 is 0 Å². The fourth-order valence-electron chi connectivity index (χ4n) is 3.88. The first-order valence-corrected chi connectivity index (χ1v) is 8.90. The van der Waals surface area contributed by atoms with Crippen LogP contribution in [0.2, 0.25) is 0 Å². The van der Waals surface area contributed by atoms with Gasteiger partial charge in [0, 0.05) is 13.1 Å². The van der Waals surface area contributed by atoms with Crippen LogP contribution >= 0.6 is 0 Å². The van der Waals surface area contributed by atoms with E-state index in [2.05, 4.69) is 41.4 Å². The molecule has 2 atom stereocenters. The van der Waals surface area contributed by atoms with E-state index in [-0.39, 0.29) is 18.1 Å². The second kappa shape index (κ2) is 7.93. The lowest BCUT2D eigenvalue weighted by Crippen LogP contribution is -2.47. The van der Waals surface area contributed by atoms with E-state index < -0.39 is 0 Å². The monoisotopic (exact) mass is 316 g/mol. The maximum atomic E-state index is 12.6. The molecule has 23 heavy (non-hydrogen) atoms. The summed E-state index contributed by atoms with van der Waals surface area (Å²) in [5.74, 6) is 0.713. The third-order valence-corrected chi connectivity index (χ3v) is 5.04. The molecule has 1 saturated carbocycles. The Balaban J connectivity index is 1.62. The number of rotatable bonds is 5. The van der Waals surface area contributed by atoms with Crippen LogP contribution < -0.4 is 5.32 Å². The van der Waals surface area contributed by atoms with Gasteiger partial charge in [0.1, 0.15) is 0 Å². The van der Waals surface area contributed by atoms with Crippen LogP contribution in [0.5, 0.6) is 0 Å². The van der Waals surface area contributed by atoms with Crippen LogP contribution in [-0.2, 0) is 9.53 Å². The third-order valence-electron chi connectivity index (χ3n) is 5.04. The molecule has 2 fully saturated rings. The molecule has 1 aromatic rings. The van der Waals surface area contributed by atoms with Gasteiger partial charge in [-0.1, -0.05) is 43.2 Å². The summed E-state index contributed by atoms with van der Waals surface area (Å²) in [6.07, 6.45) is 5.22. The fourth-order valence-corrected chi connectivity index (χ4v) is 3.88. The Hall–Kier alpha value is -1.39. The predicted octanol–water partition coefficient (Wildman–Crippen LogP) is 2.75. The Morgan fingerprint density at radius 1 is 1.30 bits per heavy atom. The molecule has 4 nitrogen and oxygen atoms in total. The van der Waals surface area contributed by atoms with Crippen molar-refractivity contribution in [2.75, 3.05) is 26.2 Å². The fraction of sp³-hybridized carbons (Fsp3) is 0.632. The molecule has 1 aliphatic carbocycles. The van der Waals surface area contributed by atoms with E-state index in [1.54, 1.807) is 0 Å². The molecule has 0 bridgehead atoms. The lowest BCUT2D eigenvalue weighted by molar-refractivity contribution is -0.125. The third kappa shape index (κ3) is 4.55. The first kappa shape index (κ1) is 16.5. The van der Waals surface area contributed by atoms with E-state index in [1.165, 1.54) is 31.2 Å². The zero-order valence-electron chi connectivity index (χ0n) is 14.0. The van der Waals surface area contributed by atoms with Crippen molar-refractivity contribution in [1.82, 2.24) is 10.2 Å². The maximum absolute atomic E-state index is 12.6. The van der Waals surface area contributed by atoms with E-state index in [9.17, 15) is 4.79 Å². The number of hydrogen-bond acceptors (Lipinski definition) is 3. The lowest BCUT2D eigenvalue weighted by atomic mass is 9.91. The van der Waals surface area contributed by atoms with Gasteiger partial charge in [-0.25, -0.2) is 0 Å². The molecule has 0 radical (unpaired) electrons. The number of morpholine rings is 1. The number of amides is 1. The highest BCUT2D eigenvalue weighted by atomic mass is 16.5. The SMILES string of the molecule is CC1CN(CC(=O)NC(c2ccccc2)C2CCCC2)CCO1. The molecule has 4 heteroatoms. The van der Waals surface area contributed by atoms with Crippen molar-refractivity contribution in [2.45, 2.75) is 44.8 Å². The Morgan fingerprint density at radius 2 is 2.04 bits per heavy atom. The van der Waals surface area contributed by atoms with E-state index in [0.717, 1.165) is 19.7 Å². The smallest absolute Gasteiger partial charge is 0.234 e. The highest BCUT2D eigenvalue weighted by Crippen LogP contribution is 2.35. The molecule has 126 valence electrons. The van der Waals surface area contributed by atoms with Gasteiger partial charge in [0.05, 0.1) is 25.3 Å². The minimum absolute atomic E-state index is 0.139. The molecule has 1 amide bonds. The predicted molar refractivity (Wildman–Crippen MR) is 91.1 cm³/mol. The highest BCUT2D eigenvalue weighted by Gasteiger charge is 2.28. The summed E-state index contributed by atoms with van der Waals surface area (Å²) in [4.78, 5) is 14.8. The molecule has 1 aliphatic heterocycles. The van der Waals surface area contributed by atoms with Gasteiger partial charge in [0.2, 0.25) is 5.91 Å². The Bertz CT molecular complexity index is 499. The van der Waals surface area contributed by atoms with E-state index in [4.69, 9.17) is 4.74 Å². The molecule has 2 unspecified atom stereocenters. The number of ether oxygens (including phenoxy) is 1. The van der Waals surface area contributed by atoms with Crippen molar-refractivity contribution in [3.8, 4) is 0 Å². The van der Waals surface area contributed by atoms with Gasteiger partial charge in [-0.2, -0.15) is 0 Å². The summed E-state index contributed by atoms with van der Waals surface area (Å²) in [5, 5.41) is 3.32. The molecular formula is C19H28N2O2. The van der Waals surface area contributed by atoms with Gasteiger partial charge in [-0.15, -0.1) is 0 Å². The van der Waals surface area contributed by atoms with Crippen LogP contribution in [0, 0.1) is 5.92 Å². The molecule has 0 spiro atoms. The number of benzene rings is 1. The first-order valence-electron chi connectivity index (χ1n) is 8.90. The zero-order chi connectivity index (χ0) is 16.1. The summed E-state index contributed by atoms with van der Waals surface area (Å²) >= 11 is 0. The van der Waals surface area contributed by atoms with Crippen molar-refractivity contribution >= 4 is 5.91 Å². The number of nitrogens with one attached hydrogen (secondary N) is 1. The summed E-state index contributed by atoms with van der Waals surface area (Å²) in [7, 11) is 0. The molecule has 3 rings (SSSR count). The van der Waals surface area contributed by atoms with Gasteiger partial charge in [0.15, 0.2) is 0 Å². The molecule has 1 aromatic carbocycles. The Kier molecular flexibility index (Phi) is 5.68. The van der Waals surface area contributed by atoms with Crippen LogP contribution in [0.4, 0.5) is 0 Å². The Labute approximate surface area is 139 Å². The summed E-state index contributed by atoms with van der Waals surface area (Å²) in [5.41, 5.74) is 1.24. The van der Waals surface area contributed by atoms with Gasteiger partial charge in [-0.3, -0.25) is 9.69 Å². The number of carbonyl (C=O) groups is 1. The molecule has 2 aliphatic rings. The second-order valence-electron chi connectivity index (χ2n) is 6.92. The largest absolute Gasteiger partial charge is 0.376 e. The van der Waals surface area contributed by atoms with Crippen molar-refractivity contribution in [3.63, 3.8) is 0 Å². The van der Waals surface area contributed by atoms with Crippen LogP contribution in [-0.4, -0.2) is 43.2 Å². The zero-order valence-corrected chi connectivity index (χ0v) is 14.0. The minimum atomic E-state index is 0.139. The summed E-state index contributed by atoms with van der Waals surface area (Å²) in [6, 6.07) is 10.6. The van der Waals surface area contributed by atoms with Crippen LogP contribution in [0.1, 0.15) is 44.2 Å². The molecule has 0 aromatic heterocycles. The number of carbonyl (C=O) groups excluding carboxylic acids is 1. The quantitative estimate of drug-likeness (QED) is 0.908. The summed E-state index contributed by atoms with van der Waals surface area (Å²) < 4.78 is 5.55. The van der Waals surface area contributed by atoms with E-state index in [1.807, 2.05) is 6.07 Å². The van der Waals surface area contributed by atoms with Crippen LogP contribution in [0.3, 0.4) is 0 Å². The van der Waals surface area contributed by atoms with Gasteiger partial charge in [-0.05, 0) is 31.2 Å². The van der Waals surface area contributed by atoms with Gasteiger partial charge >= 0.3 is 0 Å². The average molecular weight is 316 g/mol. The van der Waals surface area contributed by atoms with Gasteiger partial charge < -0.3 is 10.1 Å². The van der Waals surface area contributed by atoms with Crippen molar-refractivity contribution in [2.24, 2.45) is 5.92 Å². The Morgan fingerprint density at radius 3 is 2.74 bits per heavy atom. The van der Waals surface area contributed by atoms with Crippen molar-refractivity contribution < 1.29 is 9.53 Å². The normalized spacial score (nSPS) is 24.5. The molecule has 1 saturated heterocycles. The minimum Gasteiger partial charge on any atom is -0.376 e. The maximum Gasteiger partial charge on any atom is 0.234 e. The standard InChI is InChI=1S/C19H28N2O2/c1-15-13-21(11-12-23-15)14-18(22)20-19(17-9-5-6-10-17)16-7-3-2-4-8-16/h2-4,7-8,15,17,19H,5-6,9-14H2,1H3,(H,20,22). The molecule has 1 heterocycles. The molecular weight excluding hydrogens is 288 g/mol. The van der Waals surface area contributed by atoms with Crippen LogP contribution in [0.15, 0.2) is 30.3 Å². The lowest BCUT2D eigenvalue weighted by Gasteiger charge is -2.32. The molecule has 1 N–H and O–H groups in total. The van der Waals surface area contributed by atoms with Crippen molar-refractivity contribution in [1.29, 1.82) is 0 Å². The number of hydrogen-bond donors (Lipinski definition) is 1. The first-order chi connectivity index (χ1) is 11.2. The van der Waals surface area contributed by atoms with E-state index in [0.29, 0.717) is 12.5 Å². The second-order valence-corrected chi connectivity index (χ2v) is 6.92. The summed E-state index contributed by atoms with van der Waals surface area (Å²) in [6.45, 7) is 4.95. The van der Waals surface area contributed by atoms with Crippen molar-refractivity contribution in [3.05, 3.63) is 35.9 Å². The number of nitrogens with zero attached hydrogens (tertiary/aromatic N) is 1. The van der Waals surface area contributed by atoms with Crippen LogP contribution in [0.25, 0.3) is 0 Å². The average Bonchev–Trinajstić information content (AvgIpc) is 3.07. The highest BCUT2D eigenvalue weighted by molar-refractivity contribution is 5.78.